The Morgan fingerprint density at radius 3 is 1.80 bits per heavy atom. The van der Waals surface area contributed by atoms with Gasteiger partial charge in [0.1, 0.15) is 47.4 Å². The molecule has 1 saturated carbocycles. The van der Waals surface area contributed by atoms with Crippen LogP contribution in [-0.4, -0.2) is 74.8 Å². The maximum atomic E-state index is 6.41. The summed E-state index contributed by atoms with van der Waals surface area (Å²) in [5.74, 6) is 6.14. The summed E-state index contributed by atoms with van der Waals surface area (Å²) < 4.78 is 25.4. The first-order valence-electron chi connectivity index (χ1n) is 30.4. The van der Waals surface area contributed by atoms with E-state index in [4.69, 9.17) is 18.9 Å². The zero-order valence-electron chi connectivity index (χ0n) is 44.4. The standard InChI is InChI=1S/C17H21NO.2C17H19NO.C17H17NO/c4*1-4-11-10-13-12-5-2-7-15-17(12,8-3-9-18-13)16(11)14(6-1)19-15/h1,4,6,12-13,15,18H,2-3,5,7-10H2;1,4-6,13,15,18H,2-3,7-10H2;1-2,4-6,12-13,15,18H,3,7-10H2;1-2,4-7,13,15,18H,3,8-10H2/t12?,13-,15?,17-;13-,15?,17-;12?,13-,15?,17-;13-,15?,17-/m1111/s1. The van der Waals surface area contributed by atoms with Crippen molar-refractivity contribution in [1.82, 2.24) is 21.3 Å². The quantitative estimate of drug-likeness (QED) is 0.130. The number of hydrogen-bond donors (Lipinski definition) is 4. The molecule has 6 unspecified atom stereocenters. The summed E-state index contributed by atoms with van der Waals surface area (Å²) in [7, 11) is 0. The van der Waals surface area contributed by atoms with Crippen molar-refractivity contribution >= 4 is 0 Å². The third kappa shape index (κ3) is 6.17. The third-order valence-corrected chi connectivity index (χ3v) is 22.9. The Kier molecular flexibility index (Phi) is 10.4. The van der Waals surface area contributed by atoms with Crippen LogP contribution in [0, 0.1) is 11.8 Å². The van der Waals surface area contributed by atoms with Gasteiger partial charge in [-0.05, 0) is 205 Å². The Hall–Kier alpha value is -5.12. The second-order valence-corrected chi connectivity index (χ2v) is 25.9. The molecule has 14 atom stereocenters. The topological polar surface area (TPSA) is 85.0 Å². The number of nitrogens with one attached hydrogen (secondary N) is 4. The lowest BCUT2D eigenvalue weighted by Crippen LogP contribution is -2.56. The normalized spacial score (nSPS) is 39.7. The van der Waals surface area contributed by atoms with E-state index in [0.717, 1.165) is 57.0 Å². The van der Waals surface area contributed by atoms with E-state index in [9.17, 15) is 0 Å². The summed E-state index contributed by atoms with van der Waals surface area (Å²) in [5.41, 5.74) is 16.5. The zero-order chi connectivity index (χ0) is 49.8. The second-order valence-electron chi connectivity index (χ2n) is 25.9. The molecule has 4 N–H and O–H groups in total. The van der Waals surface area contributed by atoms with Crippen molar-refractivity contribution in [2.24, 2.45) is 11.8 Å². The largest absolute Gasteiger partial charge is 0.489 e. The van der Waals surface area contributed by atoms with Crippen LogP contribution >= 0.6 is 0 Å². The van der Waals surface area contributed by atoms with Crippen LogP contribution in [0.25, 0.3) is 0 Å². The zero-order valence-corrected chi connectivity index (χ0v) is 44.4. The molecule has 4 aromatic carbocycles. The van der Waals surface area contributed by atoms with Gasteiger partial charge in [-0.25, -0.2) is 0 Å². The van der Waals surface area contributed by atoms with E-state index >= 15 is 0 Å². The van der Waals surface area contributed by atoms with Crippen LogP contribution in [0.2, 0.25) is 0 Å². The van der Waals surface area contributed by atoms with E-state index in [1.807, 2.05) is 0 Å². The fourth-order valence-corrected chi connectivity index (χ4v) is 20.4. The Morgan fingerprint density at radius 2 is 1.04 bits per heavy atom. The molecule has 16 aliphatic rings. The minimum absolute atomic E-state index is 0.132. The Labute approximate surface area is 449 Å². The number of rotatable bonds is 0. The predicted molar refractivity (Wildman–Crippen MR) is 298 cm³/mol. The number of ether oxygens (including phenoxy) is 4. The van der Waals surface area contributed by atoms with Gasteiger partial charge in [-0.1, -0.05) is 78.9 Å². The van der Waals surface area contributed by atoms with Crippen molar-refractivity contribution < 1.29 is 18.9 Å². The summed E-state index contributed by atoms with van der Waals surface area (Å²) in [6.45, 7) is 4.63. The van der Waals surface area contributed by atoms with Gasteiger partial charge in [-0.15, -0.1) is 0 Å². The molecule has 20 rings (SSSR count). The fourth-order valence-electron chi connectivity index (χ4n) is 20.4. The van der Waals surface area contributed by atoms with Gasteiger partial charge in [0, 0.05) is 69.6 Å². The molecule has 8 heterocycles. The molecule has 5 fully saturated rings. The van der Waals surface area contributed by atoms with Gasteiger partial charge in [-0.2, -0.15) is 0 Å². The Bertz CT molecular complexity index is 3150. The lowest BCUT2D eigenvalue weighted by Gasteiger charge is -2.50. The average molecular weight is 1010 g/mol. The molecular formula is C68H76N4O4. The summed E-state index contributed by atoms with van der Waals surface area (Å²) in [5, 5.41) is 15.1. The molecule has 8 bridgehead atoms. The van der Waals surface area contributed by atoms with Crippen molar-refractivity contribution in [3.8, 4) is 23.0 Å². The molecule has 76 heavy (non-hydrogen) atoms. The van der Waals surface area contributed by atoms with E-state index in [1.165, 1.54) is 136 Å². The Morgan fingerprint density at radius 1 is 0.461 bits per heavy atom. The summed E-state index contributed by atoms with van der Waals surface area (Å²) in [4.78, 5) is 0. The van der Waals surface area contributed by atoms with Crippen molar-refractivity contribution in [3.05, 3.63) is 165 Å². The van der Waals surface area contributed by atoms with Crippen LogP contribution in [0.15, 0.2) is 120 Å². The molecule has 4 spiro atoms. The Balaban J connectivity index is 0.0000000825. The highest BCUT2D eigenvalue weighted by Gasteiger charge is 2.63. The summed E-state index contributed by atoms with van der Waals surface area (Å²) in [6.07, 6.45) is 37.8. The summed E-state index contributed by atoms with van der Waals surface area (Å²) >= 11 is 0. The molecule has 0 amide bonds. The molecule has 392 valence electrons. The molecule has 0 radical (unpaired) electrons. The molecular weight excluding hydrogens is 937 g/mol. The highest BCUT2D eigenvalue weighted by molar-refractivity contribution is 5.64. The van der Waals surface area contributed by atoms with E-state index in [-0.39, 0.29) is 22.3 Å². The minimum Gasteiger partial charge on any atom is -0.489 e. The molecule has 8 nitrogen and oxygen atoms in total. The highest BCUT2D eigenvalue weighted by Crippen LogP contribution is 2.63. The van der Waals surface area contributed by atoms with Gasteiger partial charge < -0.3 is 40.2 Å². The molecule has 0 aromatic heterocycles. The van der Waals surface area contributed by atoms with Gasteiger partial charge in [0.2, 0.25) is 0 Å². The van der Waals surface area contributed by atoms with E-state index < -0.39 is 0 Å². The van der Waals surface area contributed by atoms with Crippen LogP contribution < -0.4 is 40.2 Å². The van der Waals surface area contributed by atoms with E-state index in [1.54, 1.807) is 33.4 Å². The van der Waals surface area contributed by atoms with Crippen LogP contribution in [0.3, 0.4) is 0 Å². The van der Waals surface area contributed by atoms with Gasteiger partial charge >= 0.3 is 0 Å². The second kappa shape index (κ2) is 17.2. The molecule has 4 aromatic rings. The SMILES string of the molecule is C1=C2[C@H]3Cc4cccc5c4[C@@]2(CCCN3)C(CC1)O5.C1=CC2Oc3cccc4c3[C@@]23CCCN[C@H](C4)C3=C1.C1=CC2[C@H]3Cc4cccc5c4[C@@]2(CCCN3)C(C1)O5.c1cc2c3c(c1)OC1CCCC4[C@@H](C2)NCCC[C@]314. The first-order valence-corrected chi connectivity index (χ1v) is 30.4. The maximum absolute atomic E-state index is 6.41. The van der Waals surface area contributed by atoms with Gasteiger partial charge in [0.05, 0.1) is 10.8 Å². The number of allylic oxidation sites excluding steroid dienone is 3. The lowest BCUT2D eigenvalue weighted by atomic mass is 9.54. The van der Waals surface area contributed by atoms with Gasteiger partial charge in [0.25, 0.3) is 0 Å². The first kappa shape index (κ1) is 45.9. The molecule has 8 aliphatic heterocycles. The fraction of sp³-hybridized carbons (Fsp3) is 0.529. The lowest BCUT2D eigenvalue weighted by molar-refractivity contribution is 0.0316. The molecule has 4 saturated heterocycles. The van der Waals surface area contributed by atoms with E-state index in [2.05, 4.69) is 131 Å². The van der Waals surface area contributed by atoms with Crippen LogP contribution in [0.4, 0.5) is 0 Å². The van der Waals surface area contributed by atoms with Gasteiger partial charge in [0.15, 0.2) is 0 Å². The van der Waals surface area contributed by atoms with Crippen molar-refractivity contribution in [2.75, 3.05) is 26.2 Å². The van der Waals surface area contributed by atoms with E-state index in [0.29, 0.717) is 53.8 Å². The number of hydrogen-bond acceptors (Lipinski definition) is 8. The van der Waals surface area contributed by atoms with Crippen molar-refractivity contribution in [3.63, 3.8) is 0 Å². The average Bonchev–Trinajstić information content (AvgIpc) is 4.21. The van der Waals surface area contributed by atoms with Gasteiger partial charge in [-0.3, -0.25) is 0 Å². The summed E-state index contributed by atoms with van der Waals surface area (Å²) in [6, 6.07) is 29.0. The van der Waals surface area contributed by atoms with Crippen LogP contribution in [-0.2, 0) is 47.3 Å². The highest BCUT2D eigenvalue weighted by atomic mass is 16.5. The smallest absolute Gasteiger partial charge is 0.131 e. The maximum Gasteiger partial charge on any atom is 0.131 e. The van der Waals surface area contributed by atoms with Crippen LogP contribution in [0.1, 0.15) is 134 Å². The number of benzene rings is 4. The molecule has 8 aliphatic carbocycles. The minimum atomic E-state index is 0.132. The predicted octanol–water partition coefficient (Wildman–Crippen LogP) is 10.6. The first-order chi connectivity index (χ1) is 37.6. The third-order valence-electron chi connectivity index (χ3n) is 22.9. The monoisotopic (exact) mass is 1010 g/mol. The molecule has 8 heteroatoms. The van der Waals surface area contributed by atoms with Crippen molar-refractivity contribution in [1.29, 1.82) is 0 Å². The van der Waals surface area contributed by atoms with Crippen LogP contribution in [0.5, 0.6) is 23.0 Å². The van der Waals surface area contributed by atoms with Crippen molar-refractivity contribution in [2.45, 2.75) is 186 Å².